The smallest absolute Gasteiger partial charge is 0.266 e. The molecule has 4 nitrogen and oxygen atoms in total. The molecule has 1 amide bonds. The zero-order valence-corrected chi connectivity index (χ0v) is 15.3. The fourth-order valence-corrected chi connectivity index (χ4v) is 2.74. The van der Waals surface area contributed by atoms with Crippen LogP contribution >= 0.6 is 0 Å². The summed E-state index contributed by atoms with van der Waals surface area (Å²) in [6.45, 7) is 5.92. The van der Waals surface area contributed by atoms with Crippen LogP contribution in [0.25, 0.3) is 6.08 Å². The van der Waals surface area contributed by atoms with Crippen molar-refractivity contribution < 1.29 is 4.79 Å². The van der Waals surface area contributed by atoms with Crippen LogP contribution in [0.3, 0.4) is 0 Å². The van der Waals surface area contributed by atoms with Crippen LogP contribution in [-0.2, 0) is 4.79 Å². The zero-order chi connectivity index (χ0) is 18.6. The van der Waals surface area contributed by atoms with Crippen molar-refractivity contribution in [3.63, 3.8) is 0 Å². The summed E-state index contributed by atoms with van der Waals surface area (Å²) in [7, 11) is 3.93. The van der Waals surface area contributed by atoms with Gasteiger partial charge in [-0.3, -0.25) is 4.79 Å². The zero-order valence-electron chi connectivity index (χ0n) is 15.3. The molecule has 0 spiro atoms. The molecule has 128 valence electrons. The second-order valence-corrected chi connectivity index (χ2v) is 6.38. The monoisotopic (exact) mass is 333 g/mol. The normalized spacial score (nSPS) is 11.0. The second-order valence-electron chi connectivity index (χ2n) is 6.38. The van der Waals surface area contributed by atoms with Crippen LogP contribution in [-0.4, -0.2) is 20.0 Å². The topological polar surface area (TPSA) is 56.1 Å². The largest absolute Gasteiger partial charge is 0.378 e. The Morgan fingerprint density at radius 3 is 2.12 bits per heavy atom. The van der Waals surface area contributed by atoms with Gasteiger partial charge >= 0.3 is 0 Å². The molecule has 0 aliphatic heterocycles. The molecule has 2 aromatic carbocycles. The van der Waals surface area contributed by atoms with Crippen molar-refractivity contribution in [2.24, 2.45) is 0 Å². The SMILES string of the molecule is Cc1cc(C)c(NC(=O)/C(C#N)=C/c2ccc(N(C)C)cc2)c(C)c1. The Labute approximate surface area is 149 Å². The van der Waals surface area contributed by atoms with Crippen LogP contribution in [0.2, 0.25) is 0 Å². The molecule has 0 bridgehead atoms. The van der Waals surface area contributed by atoms with Gasteiger partial charge in [-0.05, 0) is 55.7 Å². The standard InChI is InChI=1S/C21H23N3O/c1-14-10-15(2)20(16(3)11-14)23-21(25)18(13-22)12-17-6-8-19(9-7-17)24(4)5/h6-12H,1-5H3,(H,23,25)/b18-12+. The van der Waals surface area contributed by atoms with E-state index in [1.165, 1.54) is 0 Å². The van der Waals surface area contributed by atoms with Gasteiger partial charge in [0.25, 0.3) is 5.91 Å². The Bertz CT molecular complexity index is 833. The van der Waals surface area contributed by atoms with E-state index in [1.807, 2.05) is 82.2 Å². The third-order valence-electron chi connectivity index (χ3n) is 4.00. The molecule has 0 atom stereocenters. The molecule has 0 unspecified atom stereocenters. The molecule has 4 heteroatoms. The molecule has 0 saturated heterocycles. The Hall–Kier alpha value is -3.06. The molecule has 1 N–H and O–H groups in total. The molecule has 0 aromatic heterocycles. The van der Waals surface area contributed by atoms with Crippen molar-refractivity contribution in [1.82, 2.24) is 0 Å². The lowest BCUT2D eigenvalue weighted by Crippen LogP contribution is -2.15. The summed E-state index contributed by atoms with van der Waals surface area (Å²) in [5.41, 5.74) is 5.83. The number of benzene rings is 2. The van der Waals surface area contributed by atoms with Crippen molar-refractivity contribution in [3.8, 4) is 6.07 Å². The number of nitrogens with zero attached hydrogens (tertiary/aromatic N) is 2. The van der Waals surface area contributed by atoms with Crippen LogP contribution in [0.5, 0.6) is 0 Å². The molecule has 25 heavy (non-hydrogen) atoms. The van der Waals surface area contributed by atoms with Crippen molar-refractivity contribution >= 4 is 23.4 Å². The highest BCUT2D eigenvalue weighted by atomic mass is 16.1. The summed E-state index contributed by atoms with van der Waals surface area (Å²) < 4.78 is 0. The van der Waals surface area contributed by atoms with Crippen LogP contribution in [0.15, 0.2) is 42.0 Å². The third-order valence-corrected chi connectivity index (χ3v) is 4.00. The maximum Gasteiger partial charge on any atom is 0.266 e. The van der Waals surface area contributed by atoms with Gasteiger partial charge in [-0.2, -0.15) is 5.26 Å². The van der Waals surface area contributed by atoms with Gasteiger partial charge in [0, 0.05) is 25.5 Å². The van der Waals surface area contributed by atoms with Gasteiger partial charge in [0.05, 0.1) is 0 Å². The quantitative estimate of drug-likeness (QED) is 0.673. The van der Waals surface area contributed by atoms with Gasteiger partial charge in [0.1, 0.15) is 11.6 Å². The maximum atomic E-state index is 12.5. The Morgan fingerprint density at radius 1 is 1.08 bits per heavy atom. The third kappa shape index (κ3) is 4.48. The number of carbonyl (C=O) groups excluding carboxylic acids is 1. The Kier molecular flexibility index (Phi) is 5.61. The fourth-order valence-electron chi connectivity index (χ4n) is 2.74. The highest BCUT2D eigenvalue weighted by Gasteiger charge is 2.13. The van der Waals surface area contributed by atoms with Crippen molar-refractivity contribution in [2.45, 2.75) is 20.8 Å². The number of nitrogens with one attached hydrogen (secondary N) is 1. The average molecular weight is 333 g/mol. The first kappa shape index (κ1) is 18.3. The molecular formula is C21H23N3O. The van der Waals surface area contributed by atoms with E-state index in [0.717, 1.165) is 33.6 Å². The molecule has 0 saturated carbocycles. The minimum Gasteiger partial charge on any atom is -0.378 e. The van der Waals surface area contributed by atoms with Gasteiger partial charge in [-0.25, -0.2) is 0 Å². The van der Waals surface area contributed by atoms with E-state index in [9.17, 15) is 10.1 Å². The predicted octanol–water partition coefficient (Wildman–Crippen LogP) is 4.22. The van der Waals surface area contributed by atoms with Crippen molar-refractivity contribution in [2.75, 3.05) is 24.3 Å². The molecule has 2 rings (SSSR count). The van der Waals surface area contributed by atoms with Crippen LogP contribution in [0.1, 0.15) is 22.3 Å². The summed E-state index contributed by atoms with van der Waals surface area (Å²) in [5, 5.41) is 12.2. The number of carbonyl (C=O) groups is 1. The molecule has 0 heterocycles. The number of amides is 1. The lowest BCUT2D eigenvalue weighted by Gasteiger charge is -2.13. The number of nitriles is 1. The van der Waals surface area contributed by atoms with Crippen molar-refractivity contribution in [3.05, 3.63) is 64.2 Å². The Morgan fingerprint density at radius 2 is 1.64 bits per heavy atom. The summed E-state index contributed by atoms with van der Waals surface area (Å²) in [5.74, 6) is -0.394. The van der Waals surface area contributed by atoms with E-state index in [1.54, 1.807) is 6.08 Å². The van der Waals surface area contributed by atoms with Gasteiger partial charge < -0.3 is 10.2 Å². The first-order valence-corrected chi connectivity index (χ1v) is 8.10. The average Bonchev–Trinajstić information content (AvgIpc) is 2.56. The number of anilines is 2. The summed E-state index contributed by atoms with van der Waals surface area (Å²) in [6.07, 6.45) is 1.60. The predicted molar refractivity (Wildman–Crippen MR) is 104 cm³/mol. The van der Waals surface area contributed by atoms with Crippen LogP contribution < -0.4 is 10.2 Å². The summed E-state index contributed by atoms with van der Waals surface area (Å²) >= 11 is 0. The number of hydrogen-bond acceptors (Lipinski definition) is 3. The van der Waals surface area contributed by atoms with E-state index < -0.39 is 5.91 Å². The maximum absolute atomic E-state index is 12.5. The van der Waals surface area contributed by atoms with E-state index in [-0.39, 0.29) is 5.57 Å². The van der Waals surface area contributed by atoms with Crippen molar-refractivity contribution in [1.29, 1.82) is 5.26 Å². The van der Waals surface area contributed by atoms with Gasteiger partial charge in [0.15, 0.2) is 0 Å². The van der Waals surface area contributed by atoms with E-state index in [0.29, 0.717) is 0 Å². The molecule has 0 aliphatic rings. The van der Waals surface area contributed by atoms with E-state index >= 15 is 0 Å². The van der Waals surface area contributed by atoms with Crippen LogP contribution in [0, 0.1) is 32.1 Å². The fraction of sp³-hybridized carbons (Fsp3) is 0.238. The van der Waals surface area contributed by atoms with Crippen LogP contribution in [0.4, 0.5) is 11.4 Å². The summed E-state index contributed by atoms with van der Waals surface area (Å²) in [4.78, 5) is 14.5. The molecule has 0 aliphatic carbocycles. The van der Waals surface area contributed by atoms with Gasteiger partial charge in [-0.15, -0.1) is 0 Å². The van der Waals surface area contributed by atoms with Gasteiger partial charge in [0.2, 0.25) is 0 Å². The highest BCUT2D eigenvalue weighted by Crippen LogP contribution is 2.23. The second kappa shape index (κ2) is 7.67. The number of aryl methyl sites for hydroxylation is 3. The minimum atomic E-state index is -0.394. The molecule has 0 fully saturated rings. The Balaban J connectivity index is 2.26. The van der Waals surface area contributed by atoms with E-state index in [4.69, 9.17) is 0 Å². The molecular weight excluding hydrogens is 310 g/mol. The lowest BCUT2D eigenvalue weighted by atomic mass is 10.0. The molecule has 0 radical (unpaired) electrons. The molecule has 2 aromatic rings. The number of hydrogen-bond donors (Lipinski definition) is 1. The lowest BCUT2D eigenvalue weighted by molar-refractivity contribution is -0.112. The minimum absolute atomic E-state index is 0.0805. The van der Waals surface area contributed by atoms with Gasteiger partial charge in [-0.1, -0.05) is 29.8 Å². The number of rotatable bonds is 4. The first-order valence-electron chi connectivity index (χ1n) is 8.10. The summed E-state index contributed by atoms with van der Waals surface area (Å²) in [6, 6.07) is 13.7. The van der Waals surface area contributed by atoms with E-state index in [2.05, 4.69) is 5.32 Å². The highest BCUT2D eigenvalue weighted by molar-refractivity contribution is 6.10. The first-order chi connectivity index (χ1) is 11.8.